The Morgan fingerprint density at radius 3 is 2.47 bits per heavy atom. The molecule has 8 nitrogen and oxygen atoms in total. The molecule has 1 aliphatic rings. The Labute approximate surface area is 188 Å². The molecule has 0 aromatic heterocycles. The van der Waals surface area contributed by atoms with E-state index in [0.29, 0.717) is 18.3 Å². The molecular weight excluding hydrogens is 432 g/mol. The highest BCUT2D eigenvalue weighted by Crippen LogP contribution is 2.30. The van der Waals surface area contributed by atoms with Gasteiger partial charge in [0.25, 0.3) is 5.91 Å². The largest absolute Gasteiger partial charge is 0.489 e. The number of carbonyl (C=O) groups is 1. The summed E-state index contributed by atoms with van der Waals surface area (Å²) in [6.45, 7) is 6.02. The Morgan fingerprint density at radius 1 is 1.19 bits per heavy atom. The fourth-order valence-electron chi connectivity index (χ4n) is 4.17. The molecule has 0 spiro atoms. The van der Waals surface area contributed by atoms with Crippen molar-refractivity contribution in [2.45, 2.75) is 56.8 Å². The van der Waals surface area contributed by atoms with Gasteiger partial charge in [-0.1, -0.05) is 45.0 Å². The molecule has 0 bridgehead atoms. The van der Waals surface area contributed by atoms with Crippen LogP contribution in [0.25, 0.3) is 0 Å². The van der Waals surface area contributed by atoms with Crippen LogP contribution in [0.3, 0.4) is 0 Å². The Kier molecular flexibility index (Phi) is 7.55. The van der Waals surface area contributed by atoms with Gasteiger partial charge in [-0.25, -0.2) is 13.9 Å². The second kappa shape index (κ2) is 9.99. The molecular formula is C23H30N2O6S. The molecule has 0 saturated carbocycles. The minimum atomic E-state index is -4.09. The summed E-state index contributed by atoms with van der Waals surface area (Å²) in [7, 11) is -4.09. The molecule has 3 N–H and O–H groups in total. The van der Waals surface area contributed by atoms with Crippen LogP contribution >= 0.6 is 0 Å². The van der Waals surface area contributed by atoms with Gasteiger partial charge in [0.05, 0.1) is 11.0 Å². The van der Waals surface area contributed by atoms with Crippen LogP contribution in [0.5, 0.6) is 5.75 Å². The fraction of sp³-hybridized carbons (Fsp3) is 0.435. The lowest BCUT2D eigenvalue weighted by atomic mass is 9.91. The fourth-order valence-corrected chi connectivity index (χ4v) is 5.90. The topological polar surface area (TPSA) is 116 Å². The SMILES string of the molecule is CC(C)c1ccccc1COc1ccc(S(=O)(=O)N2C[C@H](O)C[C@@H](C)[C@@H]2C(=O)NO)cc1. The quantitative estimate of drug-likeness (QED) is 0.430. The number of amides is 1. The van der Waals surface area contributed by atoms with Gasteiger partial charge in [0.15, 0.2) is 0 Å². The summed E-state index contributed by atoms with van der Waals surface area (Å²) >= 11 is 0. The van der Waals surface area contributed by atoms with Gasteiger partial charge in [-0.05, 0) is 53.6 Å². The Hall–Kier alpha value is -2.46. The summed E-state index contributed by atoms with van der Waals surface area (Å²) in [5.41, 5.74) is 3.80. The van der Waals surface area contributed by atoms with Crippen molar-refractivity contribution in [3.05, 3.63) is 59.7 Å². The van der Waals surface area contributed by atoms with Gasteiger partial charge in [-0.3, -0.25) is 10.0 Å². The maximum absolute atomic E-state index is 13.2. The third-order valence-electron chi connectivity index (χ3n) is 5.76. The van der Waals surface area contributed by atoms with E-state index in [-0.39, 0.29) is 17.9 Å². The highest BCUT2D eigenvalue weighted by atomic mass is 32.2. The first-order valence-corrected chi connectivity index (χ1v) is 12.0. The van der Waals surface area contributed by atoms with Gasteiger partial charge in [0.1, 0.15) is 18.4 Å². The number of rotatable bonds is 7. The minimum absolute atomic E-state index is 0.0236. The maximum atomic E-state index is 13.2. The summed E-state index contributed by atoms with van der Waals surface area (Å²) in [6, 6.07) is 12.9. The number of hydroxylamine groups is 1. The summed E-state index contributed by atoms with van der Waals surface area (Å²) in [4.78, 5) is 12.1. The third kappa shape index (κ3) is 5.12. The summed E-state index contributed by atoms with van der Waals surface area (Å²) in [6.07, 6.45) is -0.638. The van der Waals surface area contributed by atoms with Crippen molar-refractivity contribution >= 4 is 15.9 Å². The normalized spacial score (nSPS) is 22.0. The molecule has 2 aromatic carbocycles. The molecule has 32 heavy (non-hydrogen) atoms. The smallest absolute Gasteiger partial charge is 0.262 e. The average Bonchev–Trinajstić information content (AvgIpc) is 2.77. The number of piperidine rings is 1. The van der Waals surface area contributed by atoms with Crippen LogP contribution in [0.4, 0.5) is 0 Å². The van der Waals surface area contributed by atoms with Gasteiger partial charge in [0.2, 0.25) is 10.0 Å². The first-order valence-electron chi connectivity index (χ1n) is 10.6. The van der Waals surface area contributed by atoms with Gasteiger partial charge >= 0.3 is 0 Å². The molecule has 0 aliphatic carbocycles. The first-order chi connectivity index (χ1) is 15.1. The van der Waals surface area contributed by atoms with Crippen LogP contribution in [-0.2, 0) is 21.4 Å². The number of aliphatic hydroxyl groups is 1. The van der Waals surface area contributed by atoms with Crippen molar-refractivity contribution in [1.29, 1.82) is 0 Å². The highest BCUT2D eigenvalue weighted by Gasteiger charge is 2.44. The maximum Gasteiger partial charge on any atom is 0.262 e. The minimum Gasteiger partial charge on any atom is -0.489 e. The van der Waals surface area contributed by atoms with E-state index in [1.54, 1.807) is 24.5 Å². The van der Waals surface area contributed by atoms with Crippen LogP contribution in [0, 0.1) is 5.92 Å². The third-order valence-corrected chi connectivity index (χ3v) is 7.63. The number of hydrogen-bond donors (Lipinski definition) is 3. The van der Waals surface area contributed by atoms with Gasteiger partial charge in [0, 0.05) is 6.54 Å². The van der Waals surface area contributed by atoms with E-state index in [2.05, 4.69) is 19.9 Å². The zero-order valence-corrected chi connectivity index (χ0v) is 19.2. The van der Waals surface area contributed by atoms with Crippen molar-refractivity contribution in [3.63, 3.8) is 0 Å². The number of nitrogens with one attached hydrogen (secondary N) is 1. The number of hydrogen-bond acceptors (Lipinski definition) is 6. The van der Waals surface area contributed by atoms with Gasteiger partial charge in [-0.15, -0.1) is 0 Å². The van der Waals surface area contributed by atoms with E-state index < -0.39 is 34.0 Å². The lowest BCUT2D eigenvalue weighted by Gasteiger charge is -2.39. The van der Waals surface area contributed by atoms with Crippen LogP contribution in [0.2, 0.25) is 0 Å². The monoisotopic (exact) mass is 462 g/mol. The molecule has 3 atom stereocenters. The highest BCUT2D eigenvalue weighted by molar-refractivity contribution is 7.89. The number of sulfonamides is 1. The standard InChI is InChI=1S/C23H30N2O6S/c1-15(2)21-7-5-4-6-17(21)14-31-19-8-10-20(11-9-19)32(29,30)25-13-18(26)12-16(3)22(25)23(27)24-28/h4-11,15-16,18,22,26,28H,12-14H2,1-3H3,(H,24,27)/t16-,18-,22-/m1/s1. The average molecular weight is 463 g/mol. The van der Waals surface area contributed by atoms with Crippen LogP contribution < -0.4 is 10.2 Å². The van der Waals surface area contributed by atoms with E-state index in [1.807, 2.05) is 18.2 Å². The Balaban J connectivity index is 1.79. The lowest BCUT2D eigenvalue weighted by molar-refractivity contribution is -0.137. The number of aliphatic hydroxyl groups excluding tert-OH is 1. The second-order valence-electron chi connectivity index (χ2n) is 8.48. The van der Waals surface area contributed by atoms with E-state index in [0.717, 1.165) is 9.87 Å². The molecule has 1 aliphatic heterocycles. The molecule has 1 fully saturated rings. The van der Waals surface area contributed by atoms with Crippen molar-refractivity contribution in [2.75, 3.05) is 6.54 Å². The molecule has 1 heterocycles. The summed E-state index contributed by atoms with van der Waals surface area (Å²) in [5, 5.41) is 19.2. The van der Waals surface area contributed by atoms with Crippen LogP contribution in [0.15, 0.2) is 53.4 Å². The molecule has 0 unspecified atom stereocenters. The predicted octanol–water partition coefficient (Wildman–Crippen LogP) is 2.65. The molecule has 0 radical (unpaired) electrons. The van der Waals surface area contributed by atoms with Gasteiger partial charge < -0.3 is 9.84 Å². The van der Waals surface area contributed by atoms with E-state index in [9.17, 15) is 18.3 Å². The van der Waals surface area contributed by atoms with Crippen molar-refractivity contribution in [2.24, 2.45) is 5.92 Å². The lowest BCUT2D eigenvalue weighted by Crippen LogP contribution is -2.58. The van der Waals surface area contributed by atoms with E-state index in [4.69, 9.17) is 9.94 Å². The van der Waals surface area contributed by atoms with Crippen molar-refractivity contribution in [3.8, 4) is 5.75 Å². The number of nitrogens with zero attached hydrogens (tertiary/aromatic N) is 1. The number of benzene rings is 2. The molecule has 174 valence electrons. The van der Waals surface area contributed by atoms with E-state index >= 15 is 0 Å². The number of β-amino-alcohol motifs (C(OH)–C–C–N with tert-alkyl or cyclic N) is 1. The van der Waals surface area contributed by atoms with Gasteiger partial charge in [-0.2, -0.15) is 4.31 Å². The molecule has 3 rings (SSSR count). The van der Waals surface area contributed by atoms with E-state index in [1.165, 1.54) is 17.7 Å². The Bertz CT molecular complexity index is 1040. The van der Waals surface area contributed by atoms with Crippen LogP contribution in [0.1, 0.15) is 44.2 Å². The first kappa shape index (κ1) is 24.2. The predicted molar refractivity (Wildman–Crippen MR) is 119 cm³/mol. The zero-order valence-electron chi connectivity index (χ0n) is 18.4. The van der Waals surface area contributed by atoms with Crippen molar-refractivity contribution in [1.82, 2.24) is 9.79 Å². The molecule has 9 heteroatoms. The molecule has 2 aromatic rings. The zero-order chi connectivity index (χ0) is 23.5. The second-order valence-corrected chi connectivity index (χ2v) is 10.4. The Morgan fingerprint density at radius 2 is 1.84 bits per heavy atom. The number of ether oxygens (including phenoxy) is 1. The summed E-state index contributed by atoms with van der Waals surface area (Å²) in [5.74, 6) is -0.422. The number of carbonyl (C=O) groups excluding carboxylic acids is 1. The van der Waals surface area contributed by atoms with Crippen LogP contribution in [-0.4, -0.2) is 47.6 Å². The van der Waals surface area contributed by atoms with Crippen molar-refractivity contribution < 1.29 is 28.3 Å². The molecule has 1 amide bonds. The summed E-state index contributed by atoms with van der Waals surface area (Å²) < 4.78 is 33.3. The molecule has 1 saturated heterocycles.